The number of carbonyl (C=O) groups is 2. The van der Waals surface area contributed by atoms with Gasteiger partial charge in [-0.2, -0.15) is 10.1 Å². The van der Waals surface area contributed by atoms with Crippen molar-refractivity contribution in [1.29, 1.82) is 0 Å². The summed E-state index contributed by atoms with van der Waals surface area (Å²) in [7, 11) is 0. The summed E-state index contributed by atoms with van der Waals surface area (Å²) >= 11 is 0. The maximum Gasteiger partial charge on any atom is 0.282 e. The number of H-pyrrole nitrogens is 1. The Labute approximate surface area is 160 Å². The molecule has 28 heavy (non-hydrogen) atoms. The molecule has 7 heteroatoms. The highest BCUT2D eigenvalue weighted by Gasteiger charge is 2.35. The number of benzene rings is 2. The fourth-order valence-electron chi connectivity index (χ4n) is 3.15. The number of aromatic nitrogens is 2. The van der Waals surface area contributed by atoms with E-state index in [1.807, 2.05) is 32.0 Å². The molecule has 3 aromatic rings. The first kappa shape index (κ1) is 17.7. The van der Waals surface area contributed by atoms with Gasteiger partial charge in [-0.05, 0) is 56.2 Å². The molecule has 0 saturated carbocycles. The Bertz CT molecular complexity index is 1180. The highest BCUT2D eigenvalue weighted by Crippen LogP contribution is 2.22. The van der Waals surface area contributed by atoms with Gasteiger partial charge >= 0.3 is 0 Å². The lowest BCUT2D eigenvalue weighted by Crippen LogP contribution is -2.25. The highest BCUT2D eigenvalue weighted by atomic mass is 16.2. The number of hydrazone groups is 1. The molecule has 0 radical (unpaired) electrons. The maximum atomic E-state index is 12.8. The fraction of sp³-hybridized carbons (Fsp3) is 0.143. The van der Waals surface area contributed by atoms with E-state index in [9.17, 15) is 14.4 Å². The van der Waals surface area contributed by atoms with Crippen molar-refractivity contribution in [3.63, 3.8) is 0 Å². The van der Waals surface area contributed by atoms with Crippen LogP contribution in [0, 0.1) is 20.8 Å². The SMILES string of the molecule is Cc1ccc(-n2[nH]c(C)c(/C=N/N3C(=O)c4ccccc4C3=O)c2=O)cc1C. The molecule has 1 aliphatic heterocycles. The van der Waals surface area contributed by atoms with Crippen LogP contribution in [0.1, 0.15) is 43.1 Å². The molecule has 0 spiro atoms. The Balaban J connectivity index is 1.69. The Hall–Kier alpha value is -3.74. The molecule has 0 bridgehead atoms. The van der Waals surface area contributed by atoms with E-state index in [-0.39, 0.29) is 11.1 Å². The van der Waals surface area contributed by atoms with Gasteiger partial charge in [-0.3, -0.25) is 19.5 Å². The molecule has 0 aliphatic carbocycles. The third-order valence-corrected chi connectivity index (χ3v) is 4.94. The van der Waals surface area contributed by atoms with E-state index in [4.69, 9.17) is 0 Å². The summed E-state index contributed by atoms with van der Waals surface area (Å²) in [5.41, 5.74) is 4.09. The zero-order valence-corrected chi connectivity index (χ0v) is 15.7. The van der Waals surface area contributed by atoms with Gasteiger partial charge in [-0.15, -0.1) is 0 Å². The lowest BCUT2D eigenvalue weighted by molar-refractivity contribution is 0.0660. The number of rotatable bonds is 3. The Morgan fingerprint density at radius 1 is 0.893 bits per heavy atom. The number of imide groups is 1. The lowest BCUT2D eigenvalue weighted by atomic mass is 10.1. The van der Waals surface area contributed by atoms with Crippen molar-refractivity contribution in [2.45, 2.75) is 20.8 Å². The summed E-state index contributed by atoms with van der Waals surface area (Å²) in [6, 6.07) is 12.3. The number of amides is 2. The van der Waals surface area contributed by atoms with Gasteiger partial charge in [0.15, 0.2) is 0 Å². The van der Waals surface area contributed by atoms with Crippen LogP contribution in [0.15, 0.2) is 52.4 Å². The van der Waals surface area contributed by atoms with E-state index in [2.05, 4.69) is 10.2 Å². The molecule has 0 fully saturated rings. The summed E-state index contributed by atoms with van der Waals surface area (Å²) in [5.74, 6) is -1.00. The molecule has 7 nitrogen and oxygen atoms in total. The van der Waals surface area contributed by atoms with Crippen LogP contribution >= 0.6 is 0 Å². The molecular weight excluding hydrogens is 356 g/mol. The van der Waals surface area contributed by atoms with Gasteiger partial charge in [0.1, 0.15) is 0 Å². The van der Waals surface area contributed by atoms with Crippen LogP contribution in [0.4, 0.5) is 0 Å². The van der Waals surface area contributed by atoms with Gasteiger partial charge in [0.05, 0.1) is 28.6 Å². The predicted octanol–water partition coefficient (Wildman–Crippen LogP) is 2.72. The highest BCUT2D eigenvalue weighted by molar-refractivity contribution is 6.21. The molecular formula is C21H18N4O3. The second kappa shape index (κ2) is 6.45. The van der Waals surface area contributed by atoms with Crippen LogP contribution in [-0.4, -0.2) is 32.8 Å². The minimum absolute atomic E-state index is 0.287. The molecule has 4 rings (SSSR count). The molecule has 0 saturated heterocycles. The van der Waals surface area contributed by atoms with Crippen LogP contribution in [0.3, 0.4) is 0 Å². The van der Waals surface area contributed by atoms with E-state index < -0.39 is 11.8 Å². The first-order chi connectivity index (χ1) is 13.4. The van der Waals surface area contributed by atoms with Gasteiger partial charge in [-0.1, -0.05) is 18.2 Å². The van der Waals surface area contributed by atoms with Crippen molar-refractivity contribution in [3.05, 3.63) is 86.3 Å². The van der Waals surface area contributed by atoms with E-state index in [1.165, 1.54) is 10.9 Å². The van der Waals surface area contributed by atoms with Crippen LogP contribution in [0.2, 0.25) is 0 Å². The van der Waals surface area contributed by atoms with Crippen LogP contribution in [-0.2, 0) is 0 Å². The van der Waals surface area contributed by atoms with E-state index in [1.54, 1.807) is 31.2 Å². The number of aromatic amines is 1. The number of hydrogen-bond acceptors (Lipinski definition) is 4. The fourth-order valence-corrected chi connectivity index (χ4v) is 3.15. The van der Waals surface area contributed by atoms with Gasteiger partial charge in [0.25, 0.3) is 17.4 Å². The molecule has 2 aromatic carbocycles. The number of nitrogens with zero attached hydrogens (tertiary/aromatic N) is 3. The summed E-state index contributed by atoms with van der Waals surface area (Å²) in [6.07, 6.45) is 1.26. The predicted molar refractivity (Wildman–Crippen MR) is 105 cm³/mol. The topological polar surface area (TPSA) is 87.5 Å². The third-order valence-electron chi connectivity index (χ3n) is 4.94. The standard InChI is InChI=1S/C21H18N4O3/c1-12-8-9-15(10-13(12)2)24-21(28)18(14(3)23-24)11-22-25-19(26)16-6-4-5-7-17(16)20(25)27/h4-11,23H,1-3H3/b22-11+. The first-order valence-corrected chi connectivity index (χ1v) is 8.79. The lowest BCUT2D eigenvalue weighted by Gasteiger charge is -2.05. The molecule has 2 amide bonds. The second-order valence-corrected chi connectivity index (χ2v) is 6.77. The third kappa shape index (κ3) is 2.68. The average Bonchev–Trinajstić information content (AvgIpc) is 3.10. The van der Waals surface area contributed by atoms with Gasteiger partial charge in [0.2, 0.25) is 0 Å². The number of carbonyl (C=O) groups excluding carboxylic acids is 2. The molecule has 2 heterocycles. The number of hydrogen-bond donors (Lipinski definition) is 1. The summed E-state index contributed by atoms with van der Waals surface area (Å²) in [5, 5.41) is 7.81. The normalized spacial score (nSPS) is 13.6. The van der Waals surface area contributed by atoms with Crippen molar-refractivity contribution >= 4 is 18.0 Å². The number of fused-ring (bicyclic) bond motifs is 1. The first-order valence-electron chi connectivity index (χ1n) is 8.79. The largest absolute Gasteiger partial charge is 0.295 e. The molecule has 1 N–H and O–H groups in total. The van der Waals surface area contributed by atoms with Crippen molar-refractivity contribution in [2.24, 2.45) is 5.10 Å². The quantitative estimate of drug-likeness (QED) is 0.565. The summed E-state index contributed by atoms with van der Waals surface area (Å²) < 4.78 is 1.42. The summed E-state index contributed by atoms with van der Waals surface area (Å²) in [6.45, 7) is 5.72. The molecule has 0 unspecified atom stereocenters. The van der Waals surface area contributed by atoms with Gasteiger partial charge < -0.3 is 0 Å². The van der Waals surface area contributed by atoms with Gasteiger partial charge in [0, 0.05) is 5.69 Å². The molecule has 1 aliphatic rings. The van der Waals surface area contributed by atoms with Crippen molar-refractivity contribution in [3.8, 4) is 5.69 Å². The second-order valence-electron chi connectivity index (χ2n) is 6.77. The Morgan fingerprint density at radius 3 is 2.14 bits per heavy atom. The zero-order valence-electron chi connectivity index (χ0n) is 15.7. The smallest absolute Gasteiger partial charge is 0.282 e. The van der Waals surface area contributed by atoms with E-state index in [0.717, 1.165) is 16.1 Å². The van der Waals surface area contributed by atoms with Gasteiger partial charge in [-0.25, -0.2) is 4.68 Å². The number of nitrogens with one attached hydrogen (secondary N) is 1. The minimum Gasteiger partial charge on any atom is -0.295 e. The number of aryl methyl sites for hydroxylation is 3. The maximum absolute atomic E-state index is 12.8. The van der Waals surface area contributed by atoms with Crippen molar-refractivity contribution < 1.29 is 9.59 Å². The molecule has 1 aromatic heterocycles. The summed E-state index contributed by atoms with van der Waals surface area (Å²) in [4.78, 5) is 37.6. The monoisotopic (exact) mass is 374 g/mol. The average molecular weight is 374 g/mol. The van der Waals surface area contributed by atoms with Crippen molar-refractivity contribution in [2.75, 3.05) is 0 Å². The molecule has 140 valence electrons. The Morgan fingerprint density at radius 2 is 1.54 bits per heavy atom. The van der Waals surface area contributed by atoms with Crippen LogP contribution in [0.25, 0.3) is 5.69 Å². The zero-order chi connectivity index (χ0) is 20.0. The Kier molecular flexibility index (Phi) is 4.07. The van der Waals surface area contributed by atoms with Crippen molar-refractivity contribution in [1.82, 2.24) is 14.8 Å². The van der Waals surface area contributed by atoms with E-state index >= 15 is 0 Å². The van der Waals surface area contributed by atoms with Crippen LogP contribution in [0.5, 0.6) is 0 Å². The van der Waals surface area contributed by atoms with Crippen LogP contribution < -0.4 is 5.56 Å². The van der Waals surface area contributed by atoms with E-state index in [0.29, 0.717) is 22.5 Å². The molecule has 0 atom stereocenters. The minimum atomic E-state index is -0.500.